The van der Waals surface area contributed by atoms with Crippen LogP contribution < -0.4 is 10.6 Å². The molecule has 1 amide bonds. The van der Waals surface area contributed by atoms with E-state index in [1.54, 1.807) is 0 Å². The first-order valence-corrected chi connectivity index (χ1v) is 7.08. The molecular formula is C14H28N2O. The summed E-state index contributed by atoms with van der Waals surface area (Å²) in [6, 6.07) is 0.475. The van der Waals surface area contributed by atoms with Gasteiger partial charge < -0.3 is 10.6 Å². The first kappa shape index (κ1) is 14.5. The molecule has 0 aromatic carbocycles. The second-order valence-electron chi connectivity index (χ2n) is 5.70. The Morgan fingerprint density at radius 2 is 1.88 bits per heavy atom. The number of carbonyl (C=O) groups excluding carboxylic acids is 1. The highest BCUT2D eigenvalue weighted by molar-refractivity contribution is 5.81. The zero-order valence-electron chi connectivity index (χ0n) is 11.8. The average Bonchev–Trinajstić information content (AvgIpc) is 3.07. The first-order valence-electron chi connectivity index (χ1n) is 7.08. The molecule has 1 fully saturated rings. The molecule has 100 valence electrons. The summed E-state index contributed by atoms with van der Waals surface area (Å²) in [6.07, 6.45) is 5.11. The van der Waals surface area contributed by atoms with Gasteiger partial charge in [0.1, 0.15) is 0 Å². The predicted molar refractivity (Wildman–Crippen MR) is 71.9 cm³/mol. The second-order valence-corrected chi connectivity index (χ2v) is 5.70. The van der Waals surface area contributed by atoms with Crippen molar-refractivity contribution in [1.29, 1.82) is 0 Å². The van der Waals surface area contributed by atoms with Crippen molar-refractivity contribution in [1.82, 2.24) is 10.6 Å². The summed E-state index contributed by atoms with van der Waals surface area (Å²) in [7, 11) is 0. The van der Waals surface area contributed by atoms with E-state index in [0.29, 0.717) is 12.6 Å². The minimum Gasteiger partial charge on any atom is -0.355 e. The summed E-state index contributed by atoms with van der Waals surface area (Å²) in [6.45, 7) is 9.16. The van der Waals surface area contributed by atoms with E-state index in [9.17, 15) is 4.79 Å². The van der Waals surface area contributed by atoms with Crippen molar-refractivity contribution in [3.63, 3.8) is 0 Å². The van der Waals surface area contributed by atoms with Gasteiger partial charge in [0.25, 0.3) is 0 Å². The maximum Gasteiger partial charge on any atom is 0.236 e. The number of nitrogens with one attached hydrogen (secondary N) is 2. The molecule has 1 aliphatic rings. The van der Waals surface area contributed by atoms with Crippen LogP contribution in [0.2, 0.25) is 0 Å². The van der Waals surface area contributed by atoms with Gasteiger partial charge in [-0.3, -0.25) is 4.79 Å². The summed E-state index contributed by atoms with van der Waals surface area (Å²) in [5.74, 6) is 1.69. The second kappa shape index (κ2) is 7.00. The van der Waals surface area contributed by atoms with E-state index in [0.717, 1.165) is 11.8 Å². The number of amides is 1. The van der Waals surface area contributed by atoms with Crippen molar-refractivity contribution in [2.45, 2.75) is 65.5 Å². The van der Waals surface area contributed by atoms with Crippen molar-refractivity contribution >= 4 is 5.91 Å². The van der Waals surface area contributed by atoms with Gasteiger partial charge in [-0.25, -0.2) is 0 Å². The van der Waals surface area contributed by atoms with Crippen LogP contribution in [0, 0.1) is 11.8 Å². The third-order valence-corrected chi connectivity index (χ3v) is 3.45. The Hall–Kier alpha value is -0.570. The average molecular weight is 240 g/mol. The molecule has 0 bridgehead atoms. The van der Waals surface area contributed by atoms with Crippen LogP contribution in [-0.4, -0.2) is 24.5 Å². The van der Waals surface area contributed by atoms with E-state index in [1.807, 2.05) is 13.8 Å². The number of carbonyl (C=O) groups is 1. The Labute approximate surface area is 106 Å². The van der Waals surface area contributed by atoms with E-state index in [1.165, 1.54) is 25.7 Å². The Kier molecular flexibility index (Phi) is 5.96. The van der Waals surface area contributed by atoms with E-state index in [-0.39, 0.29) is 11.9 Å². The molecule has 2 unspecified atom stereocenters. The van der Waals surface area contributed by atoms with Gasteiger partial charge in [-0.15, -0.1) is 0 Å². The molecule has 1 rings (SSSR count). The molecule has 0 aromatic heterocycles. The van der Waals surface area contributed by atoms with E-state index < -0.39 is 0 Å². The third-order valence-electron chi connectivity index (χ3n) is 3.45. The summed E-state index contributed by atoms with van der Waals surface area (Å²) >= 11 is 0. The van der Waals surface area contributed by atoms with E-state index in [2.05, 4.69) is 24.5 Å². The van der Waals surface area contributed by atoms with Crippen molar-refractivity contribution in [2.24, 2.45) is 11.8 Å². The van der Waals surface area contributed by atoms with Crippen molar-refractivity contribution < 1.29 is 4.79 Å². The number of hydrogen-bond donors (Lipinski definition) is 2. The molecule has 0 aliphatic heterocycles. The Morgan fingerprint density at radius 1 is 1.24 bits per heavy atom. The van der Waals surface area contributed by atoms with Crippen molar-refractivity contribution in [3.05, 3.63) is 0 Å². The molecule has 1 aliphatic carbocycles. The zero-order chi connectivity index (χ0) is 12.8. The fourth-order valence-electron chi connectivity index (χ4n) is 2.19. The summed E-state index contributed by atoms with van der Waals surface area (Å²) < 4.78 is 0. The highest BCUT2D eigenvalue weighted by atomic mass is 16.2. The van der Waals surface area contributed by atoms with Crippen LogP contribution in [0.15, 0.2) is 0 Å². The van der Waals surface area contributed by atoms with Gasteiger partial charge in [-0.05, 0) is 51.4 Å². The highest BCUT2D eigenvalue weighted by Gasteiger charge is 2.32. The van der Waals surface area contributed by atoms with Crippen LogP contribution in [0.3, 0.4) is 0 Å². The van der Waals surface area contributed by atoms with Crippen LogP contribution in [-0.2, 0) is 4.79 Å². The molecule has 0 spiro atoms. The molecule has 2 atom stereocenters. The molecule has 0 aromatic rings. The Bertz CT molecular complexity index is 236. The first-order chi connectivity index (χ1) is 8.04. The monoisotopic (exact) mass is 240 g/mol. The minimum absolute atomic E-state index is 0.0623. The lowest BCUT2D eigenvalue weighted by atomic mass is 9.99. The largest absolute Gasteiger partial charge is 0.355 e. The topological polar surface area (TPSA) is 41.1 Å². The smallest absolute Gasteiger partial charge is 0.236 e. The lowest BCUT2D eigenvalue weighted by molar-refractivity contribution is -0.122. The van der Waals surface area contributed by atoms with E-state index in [4.69, 9.17) is 0 Å². The van der Waals surface area contributed by atoms with Crippen molar-refractivity contribution in [3.8, 4) is 0 Å². The lowest BCUT2D eigenvalue weighted by Crippen LogP contribution is -2.47. The molecular weight excluding hydrogens is 212 g/mol. The molecule has 3 nitrogen and oxygen atoms in total. The molecule has 17 heavy (non-hydrogen) atoms. The Morgan fingerprint density at radius 3 is 2.35 bits per heavy atom. The zero-order valence-corrected chi connectivity index (χ0v) is 11.8. The number of hydrogen-bond acceptors (Lipinski definition) is 2. The summed E-state index contributed by atoms with van der Waals surface area (Å²) in [5, 5.41) is 6.38. The summed E-state index contributed by atoms with van der Waals surface area (Å²) in [5.41, 5.74) is 0. The van der Waals surface area contributed by atoms with Gasteiger partial charge in [-0.2, -0.15) is 0 Å². The molecule has 1 saturated carbocycles. The fraction of sp³-hybridized carbons (Fsp3) is 0.929. The standard InChI is InChI=1S/C14H28N2O/c1-5-15-14(17)11(4)16-13(12-7-8-12)9-6-10(2)3/h10-13,16H,5-9H2,1-4H3,(H,15,17). The number of rotatable bonds is 8. The predicted octanol–water partition coefficient (Wildman–Crippen LogP) is 2.32. The van der Waals surface area contributed by atoms with Crippen LogP contribution in [0.1, 0.15) is 53.4 Å². The summed E-state index contributed by atoms with van der Waals surface area (Å²) in [4.78, 5) is 11.7. The third kappa shape index (κ3) is 5.53. The fourth-order valence-corrected chi connectivity index (χ4v) is 2.19. The van der Waals surface area contributed by atoms with Gasteiger partial charge in [0, 0.05) is 12.6 Å². The van der Waals surface area contributed by atoms with Crippen LogP contribution in [0.25, 0.3) is 0 Å². The van der Waals surface area contributed by atoms with E-state index >= 15 is 0 Å². The van der Waals surface area contributed by atoms with Crippen LogP contribution in [0.4, 0.5) is 0 Å². The SMILES string of the molecule is CCNC(=O)C(C)NC(CCC(C)C)C1CC1. The maximum absolute atomic E-state index is 11.7. The van der Waals surface area contributed by atoms with Gasteiger partial charge in [-0.1, -0.05) is 13.8 Å². The Balaban J connectivity index is 2.35. The van der Waals surface area contributed by atoms with Crippen molar-refractivity contribution in [2.75, 3.05) is 6.54 Å². The normalized spacial score (nSPS) is 19.1. The lowest BCUT2D eigenvalue weighted by Gasteiger charge is -2.23. The van der Waals surface area contributed by atoms with Crippen LogP contribution >= 0.6 is 0 Å². The minimum atomic E-state index is -0.0623. The molecule has 3 heteroatoms. The van der Waals surface area contributed by atoms with Crippen LogP contribution in [0.5, 0.6) is 0 Å². The molecule has 2 N–H and O–H groups in total. The molecule has 0 heterocycles. The molecule has 0 radical (unpaired) electrons. The van der Waals surface area contributed by atoms with Gasteiger partial charge in [0.05, 0.1) is 6.04 Å². The van der Waals surface area contributed by atoms with Gasteiger partial charge in [0.15, 0.2) is 0 Å². The quantitative estimate of drug-likeness (QED) is 0.683. The van der Waals surface area contributed by atoms with Gasteiger partial charge >= 0.3 is 0 Å². The number of likely N-dealkylation sites (N-methyl/N-ethyl adjacent to an activating group) is 1. The maximum atomic E-state index is 11.7. The molecule has 0 saturated heterocycles. The van der Waals surface area contributed by atoms with Gasteiger partial charge in [0.2, 0.25) is 5.91 Å². The highest BCUT2D eigenvalue weighted by Crippen LogP contribution is 2.35.